The Morgan fingerprint density at radius 3 is 2.31 bits per heavy atom. The number of nitrogens with one attached hydrogen (secondary N) is 1. The third-order valence-electron chi connectivity index (χ3n) is 4.32. The molecule has 0 amide bonds. The number of fused-ring (bicyclic) bond motifs is 1. The maximum atomic E-state index is 5.41. The second-order valence-corrected chi connectivity index (χ2v) is 5.45. The first kappa shape index (κ1) is 12.6. The van der Waals surface area contributed by atoms with E-state index >= 15 is 0 Å². The summed E-state index contributed by atoms with van der Waals surface area (Å²) in [5, 5.41) is 3.50. The van der Waals surface area contributed by atoms with Crippen molar-refractivity contribution in [1.82, 2.24) is 10.2 Å². The molecule has 4 heteroatoms. The van der Waals surface area contributed by atoms with E-state index in [1.54, 1.807) is 0 Å². The predicted octanol–water partition coefficient (Wildman–Crippen LogP) is 0.986. The van der Waals surface area contributed by atoms with Gasteiger partial charge in [-0.2, -0.15) is 0 Å². The number of rotatable bonds is 2. The average molecular weight is 247 g/mol. The van der Waals surface area contributed by atoms with E-state index in [0.717, 1.165) is 31.0 Å². The molecule has 3 nitrogen and oxygen atoms in total. The summed E-state index contributed by atoms with van der Waals surface area (Å²) in [6.07, 6.45) is 2.56. The van der Waals surface area contributed by atoms with Gasteiger partial charge in [-0.15, -0.1) is 12.4 Å². The minimum atomic E-state index is 0. The lowest BCUT2D eigenvalue weighted by Gasteiger charge is -2.27. The van der Waals surface area contributed by atoms with Crippen LogP contribution in [0.5, 0.6) is 0 Å². The number of halogens is 1. The van der Waals surface area contributed by atoms with Gasteiger partial charge < -0.3 is 15.0 Å². The summed E-state index contributed by atoms with van der Waals surface area (Å²) >= 11 is 0. The molecular weight excluding hydrogens is 224 g/mol. The molecule has 3 aliphatic rings. The summed E-state index contributed by atoms with van der Waals surface area (Å²) in [6.45, 7) is 8.52. The lowest BCUT2D eigenvalue weighted by Crippen LogP contribution is -2.33. The highest BCUT2D eigenvalue weighted by atomic mass is 35.5. The van der Waals surface area contributed by atoms with E-state index in [1.807, 2.05) is 0 Å². The summed E-state index contributed by atoms with van der Waals surface area (Å²) < 4.78 is 5.41. The van der Waals surface area contributed by atoms with Crippen molar-refractivity contribution in [3.63, 3.8) is 0 Å². The first-order valence-electron chi connectivity index (χ1n) is 6.42. The van der Waals surface area contributed by atoms with Crippen molar-refractivity contribution in [1.29, 1.82) is 0 Å². The Hall–Kier alpha value is 0.170. The number of ether oxygens (including phenoxy) is 1. The number of hydrogen-bond donors (Lipinski definition) is 1. The maximum absolute atomic E-state index is 5.41. The minimum Gasteiger partial charge on any atom is -0.381 e. The molecule has 0 unspecified atom stereocenters. The molecular formula is C12H23ClN2O. The highest BCUT2D eigenvalue weighted by molar-refractivity contribution is 5.85. The van der Waals surface area contributed by atoms with Gasteiger partial charge in [0.1, 0.15) is 0 Å². The van der Waals surface area contributed by atoms with E-state index < -0.39 is 0 Å². The predicted molar refractivity (Wildman–Crippen MR) is 67.1 cm³/mol. The van der Waals surface area contributed by atoms with Crippen LogP contribution in [0, 0.1) is 17.8 Å². The van der Waals surface area contributed by atoms with Gasteiger partial charge >= 0.3 is 0 Å². The SMILES string of the molecule is C1CC(CN2C[C@H]3CNC[C@H]3C2)CCO1.Cl. The highest BCUT2D eigenvalue weighted by Crippen LogP contribution is 2.28. The second-order valence-electron chi connectivity index (χ2n) is 5.45. The van der Waals surface area contributed by atoms with Crippen molar-refractivity contribution in [2.24, 2.45) is 17.8 Å². The molecule has 0 aromatic rings. The van der Waals surface area contributed by atoms with Crippen molar-refractivity contribution in [2.45, 2.75) is 12.8 Å². The van der Waals surface area contributed by atoms with Crippen LogP contribution in [0.4, 0.5) is 0 Å². The van der Waals surface area contributed by atoms with E-state index in [4.69, 9.17) is 4.74 Å². The van der Waals surface area contributed by atoms with Crippen LogP contribution >= 0.6 is 12.4 Å². The van der Waals surface area contributed by atoms with Gasteiger partial charge in [0.2, 0.25) is 0 Å². The van der Waals surface area contributed by atoms with Crippen molar-refractivity contribution in [3.05, 3.63) is 0 Å². The maximum Gasteiger partial charge on any atom is 0.0469 e. The average Bonchev–Trinajstić information content (AvgIpc) is 2.79. The van der Waals surface area contributed by atoms with Crippen LogP contribution in [0.15, 0.2) is 0 Å². The van der Waals surface area contributed by atoms with Gasteiger partial charge in [-0.25, -0.2) is 0 Å². The lowest BCUT2D eigenvalue weighted by atomic mass is 10.00. The van der Waals surface area contributed by atoms with Crippen molar-refractivity contribution in [2.75, 3.05) is 45.9 Å². The highest BCUT2D eigenvalue weighted by Gasteiger charge is 2.36. The molecule has 0 aliphatic carbocycles. The molecule has 3 heterocycles. The second kappa shape index (κ2) is 5.67. The zero-order valence-corrected chi connectivity index (χ0v) is 10.7. The van der Waals surface area contributed by atoms with Gasteiger partial charge in [0, 0.05) is 32.8 Å². The minimum absolute atomic E-state index is 0. The molecule has 16 heavy (non-hydrogen) atoms. The van der Waals surface area contributed by atoms with Gasteiger partial charge in [0.25, 0.3) is 0 Å². The van der Waals surface area contributed by atoms with Gasteiger partial charge in [-0.1, -0.05) is 0 Å². The Labute approximate surface area is 104 Å². The first-order chi connectivity index (χ1) is 7.42. The molecule has 0 radical (unpaired) electrons. The van der Waals surface area contributed by atoms with E-state index in [9.17, 15) is 0 Å². The van der Waals surface area contributed by atoms with Crippen LogP contribution in [-0.4, -0.2) is 50.8 Å². The van der Waals surface area contributed by atoms with Gasteiger partial charge in [0.15, 0.2) is 0 Å². The Bertz CT molecular complexity index is 209. The van der Waals surface area contributed by atoms with Gasteiger partial charge in [0.05, 0.1) is 0 Å². The Kier molecular flexibility index (Phi) is 4.48. The van der Waals surface area contributed by atoms with Crippen molar-refractivity contribution >= 4 is 12.4 Å². The molecule has 3 saturated heterocycles. The first-order valence-corrected chi connectivity index (χ1v) is 6.42. The Balaban J connectivity index is 0.000000963. The topological polar surface area (TPSA) is 24.5 Å². The fourth-order valence-corrected chi connectivity index (χ4v) is 3.40. The zero-order valence-electron chi connectivity index (χ0n) is 9.86. The standard InChI is InChI=1S/C12H22N2O.ClH/c1-3-15-4-2-10(1)7-14-8-11-5-13-6-12(11)9-14;/h10-13H,1-9H2;1H/t11-,12+;. The third kappa shape index (κ3) is 2.70. The number of hydrogen-bond acceptors (Lipinski definition) is 3. The van der Waals surface area contributed by atoms with Crippen LogP contribution in [0.25, 0.3) is 0 Å². The van der Waals surface area contributed by atoms with Crippen LogP contribution in [-0.2, 0) is 4.74 Å². The normalized spacial score (nSPS) is 36.0. The molecule has 0 bridgehead atoms. The summed E-state index contributed by atoms with van der Waals surface area (Å²) in [7, 11) is 0. The van der Waals surface area contributed by atoms with Crippen LogP contribution < -0.4 is 5.32 Å². The van der Waals surface area contributed by atoms with E-state index in [2.05, 4.69) is 10.2 Å². The Morgan fingerprint density at radius 2 is 1.69 bits per heavy atom. The van der Waals surface area contributed by atoms with Crippen LogP contribution in [0.1, 0.15) is 12.8 Å². The zero-order chi connectivity index (χ0) is 10.1. The molecule has 3 fully saturated rings. The number of nitrogens with zero attached hydrogens (tertiary/aromatic N) is 1. The lowest BCUT2D eigenvalue weighted by molar-refractivity contribution is 0.0546. The molecule has 0 aromatic heterocycles. The summed E-state index contributed by atoms with van der Waals surface area (Å²) in [5.74, 6) is 2.81. The molecule has 0 aromatic carbocycles. The Morgan fingerprint density at radius 1 is 1.06 bits per heavy atom. The van der Waals surface area contributed by atoms with Crippen LogP contribution in [0.2, 0.25) is 0 Å². The molecule has 0 saturated carbocycles. The third-order valence-corrected chi connectivity index (χ3v) is 4.32. The fraction of sp³-hybridized carbons (Fsp3) is 1.00. The smallest absolute Gasteiger partial charge is 0.0469 e. The summed E-state index contributed by atoms with van der Waals surface area (Å²) in [4.78, 5) is 2.70. The largest absolute Gasteiger partial charge is 0.381 e. The monoisotopic (exact) mass is 246 g/mol. The van der Waals surface area contributed by atoms with E-state index in [1.165, 1.54) is 45.6 Å². The van der Waals surface area contributed by atoms with Crippen LogP contribution in [0.3, 0.4) is 0 Å². The van der Waals surface area contributed by atoms with E-state index in [0.29, 0.717) is 0 Å². The molecule has 1 N–H and O–H groups in total. The molecule has 2 atom stereocenters. The summed E-state index contributed by atoms with van der Waals surface area (Å²) in [5.41, 5.74) is 0. The molecule has 3 aliphatic heterocycles. The summed E-state index contributed by atoms with van der Waals surface area (Å²) in [6, 6.07) is 0. The molecule has 3 rings (SSSR count). The van der Waals surface area contributed by atoms with E-state index in [-0.39, 0.29) is 12.4 Å². The van der Waals surface area contributed by atoms with Gasteiger partial charge in [-0.3, -0.25) is 0 Å². The quantitative estimate of drug-likeness (QED) is 0.787. The molecule has 94 valence electrons. The fourth-order valence-electron chi connectivity index (χ4n) is 3.40. The molecule has 0 spiro atoms. The van der Waals surface area contributed by atoms with Crippen molar-refractivity contribution < 1.29 is 4.74 Å². The van der Waals surface area contributed by atoms with Gasteiger partial charge in [-0.05, 0) is 43.7 Å². The van der Waals surface area contributed by atoms with Crippen molar-refractivity contribution in [3.8, 4) is 0 Å². The number of likely N-dealkylation sites (tertiary alicyclic amines) is 1.